The molecule has 164 valence electrons. The molecule has 0 aromatic carbocycles. The Morgan fingerprint density at radius 1 is 1.19 bits per heavy atom. The molecular weight excluding hydrogens is 424 g/mol. The first-order chi connectivity index (χ1) is 15.6. The Hall–Kier alpha value is -3.30. The summed E-state index contributed by atoms with van der Waals surface area (Å²) in [5, 5.41) is 10.2. The van der Waals surface area contributed by atoms with Crippen LogP contribution < -0.4 is 10.2 Å². The van der Waals surface area contributed by atoms with E-state index in [-0.39, 0.29) is 11.9 Å². The number of aromatic nitrogens is 4. The van der Waals surface area contributed by atoms with Crippen molar-refractivity contribution in [1.29, 1.82) is 0 Å². The molecule has 8 nitrogen and oxygen atoms in total. The lowest BCUT2D eigenvalue weighted by molar-refractivity contribution is 0.102. The maximum atomic E-state index is 13.3. The van der Waals surface area contributed by atoms with E-state index in [9.17, 15) is 4.79 Å². The van der Waals surface area contributed by atoms with Crippen molar-refractivity contribution in [1.82, 2.24) is 19.7 Å². The van der Waals surface area contributed by atoms with E-state index in [0.717, 1.165) is 34.9 Å². The van der Waals surface area contributed by atoms with Crippen LogP contribution in [-0.2, 0) is 4.74 Å². The van der Waals surface area contributed by atoms with Crippen LogP contribution in [0.2, 0.25) is 0 Å². The third-order valence-corrected chi connectivity index (χ3v) is 6.31. The molecule has 0 atom stereocenters. The molecule has 4 aromatic rings. The Labute approximate surface area is 189 Å². The van der Waals surface area contributed by atoms with E-state index in [2.05, 4.69) is 20.3 Å². The summed E-state index contributed by atoms with van der Waals surface area (Å²) < 4.78 is 7.25. The average Bonchev–Trinajstić information content (AvgIpc) is 3.50. The molecule has 1 fully saturated rings. The lowest BCUT2D eigenvalue weighted by Gasteiger charge is -2.27. The molecule has 5 heterocycles. The second kappa shape index (κ2) is 8.68. The van der Waals surface area contributed by atoms with Crippen LogP contribution in [0.1, 0.15) is 30.2 Å². The van der Waals surface area contributed by atoms with Crippen LogP contribution >= 0.6 is 11.3 Å². The molecule has 1 N–H and O–H groups in total. The Bertz CT molecular complexity index is 1230. The lowest BCUT2D eigenvalue weighted by Crippen LogP contribution is -2.36. The number of hydrogen-bond donors (Lipinski definition) is 1. The van der Waals surface area contributed by atoms with Gasteiger partial charge in [0.05, 0.1) is 52.8 Å². The molecule has 0 saturated carbocycles. The number of thiophene rings is 1. The van der Waals surface area contributed by atoms with E-state index in [4.69, 9.17) is 9.72 Å². The highest BCUT2D eigenvalue weighted by molar-refractivity contribution is 7.13. The van der Waals surface area contributed by atoms with Gasteiger partial charge < -0.3 is 15.0 Å². The fourth-order valence-corrected chi connectivity index (χ4v) is 4.46. The maximum Gasteiger partial charge on any atom is 0.256 e. The summed E-state index contributed by atoms with van der Waals surface area (Å²) in [6.45, 7) is 7.14. The van der Waals surface area contributed by atoms with Gasteiger partial charge in [0.1, 0.15) is 5.82 Å². The zero-order valence-corrected chi connectivity index (χ0v) is 18.8. The molecular formula is C23H24N6O2S. The van der Waals surface area contributed by atoms with Crippen LogP contribution in [0, 0.1) is 0 Å². The van der Waals surface area contributed by atoms with Crippen LogP contribution in [0.5, 0.6) is 0 Å². The minimum absolute atomic E-state index is 0.131. The van der Waals surface area contributed by atoms with Gasteiger partial charge in [0, 0.05) is 19.1 Å². The first-order valence-corrected chi connectivity index (χ1v) is 11.5. The first kappa shape index (κ1) is 20.6. The van der Waals surface area contributed by atoms with Crippen LogP contribution in [-0.4, -0.2) is 52.0 Å². The molecule has 0 spiro atoms. The molecule has 0 bridgehead atoms. The van der Waals surface area contributed by atoms with Crippen molar-refractivity contribution in [3.05, 3.63) is 53.7 Å². The number of ether oxygens (including phenoxy) is 1. The summed E-state index contributed by atoms with van der Waals surface area (Å²) >= 11 is 1.59. The van der Waals surface area contributed by atoms with Gasteiger partial charge in [0.25, 0.3) is 5.91 Å². The van der Waals surface area contributed by atoms with E-state index in [1.165, 1.54) is 0 Å². The van der Waals surface area contributed by atoms with Crippen molar-refractivity contribution in [3.8, 4) is 10.6 Å². The first-order valence-electron chi connectivity index (χ1n) is 10.6. The SMILES string of the molecule is CC(C)n1ncc2c(C(=O)Nc3ccc(N4CCOCC4)nc3)cc(-c3cccs3)nc21. The Balaban J connectivity index is 1.46. The fourth-order valence-electron chi connectivity index (χ4n) is 3.77. The molecule has 9 heteroatoms. The van der Waals surface area contributed by atoms with Gasteiger partial charge in [-0.2, -0.15) is 5.10 Å². The standard InChI is InChI=1S/C23H24N6O2S/c1-15(2)29-22-18(14-25-29)17(12-19(27-22)20-4-3-11-32-20)23(30)26-16-5-6-21(24-13-16)28-7-9-31-10-8-28/h3-6,11-15H,7-10H2,1-2H3,(H,26,30). The Morgan fingerprint density at radius 2 is 2.03 bits per heavy atom. The summed E-state index contributed by atoms with van der Waals surface area (Å²) in [6, 6.07) is 9.76. The molecule has 1 saturated heterocycles. The number of fused-ring (bicyclic) bond motifs is 1. The zero-order valence-electron chi connectivity index (χ0n) is 18.0. The summed E-state index contributed by atoms with van der Waals surface area (Å²) in [4.78, 5) is 25.8. The predicted molar refractivity (Wildman–Crippen MR) is 126 cm³/mol. The van der Waals surface area contributed by atoms with Crippen molar-refractivity contribution in [2.24, 2.45) is 0 Å². The largest absolute Gasteiger partial charge is 0.378 e. The molecule has 1 aliphatic rings. The van der Waals surface area contributed by atoms with Crippen molar-refractivity contribution in [3.63, 3.8) is 0 Å². The predicted octanol–water partition coefficient (Wildman–Crippen LogP) is 4.22. The zero-order chi connectivity index (χ0) is 22.1. The third kappa shape index (κ3) is 3.96. The number of rotatable bonds is 5. The number of nitrogens with zero attached hydrogens (tertiary/aromatic N) is 5. The van der Waals surface area contributed by atoms with Crippen LogP contribution in [0.15, 0.2) is 48.1 Å². The van der Waals surface area contributed by atoms with E-state index < -0.39 is 0 Å². The highest BCUT2D eigenvalue weighted by Crippen LogP contribution is 2.29. The number of pyridine rings is 2. The Kier molecular flexibility index (Phi) is 5.59. The third-order valence-electron chi connectivity index (χ3n) is 5.41. The van der Waals surface area contributed by atoms with E-state index in [1.807, 2.05) is 54.2 Å². The van der Waals surface area contributed by atoms with Gasteiger partial charge in [-0.1, -0.05) is 6.07 Å². The Morgan fingerprint density at radius 3 is 2.72 bits per heavy atom. The van der Waals surface area contributed by atoms with Crippen molar-refractivity contribution in [2.45, 2.75) is 19.9 Å². The van der Waals surface area contributed by atoms with Crippen LogP contribution in [0.4, 0.5) is 11.5 Å². The summed E-state index contributed by atoms with van der Waals surface area (Å²) in [5.74, 6) is 0.676. The number of morpholine rings is 1. The van der Waals surface area contributed by atoms with Gasteiger partial charge in [0.15, 0.2) is 5.65 Å². The lowest BCUT2D eigenvalue weighted by atomic mass is 10.1. The van der Waals surface area contributed by atoms with E-state index in [0.29, 0.717) is 30.1 Å². The molecule has 0 aliphatic carbocycles. The molecule has 1 aliphatic heterocycles. The minimum Gasteiger partial charge on any atom is -0.378 e. The van der Waals surface area contributed by atoms with Crippen LogP contribution in [0.25, 0.3) is 21.6 Å². The topological polar surface area (TPSA) is 85.2 Å². The monoisotopic (exact) mass is 448 g/mol. The number of anilines is 2. The van der Waals surface area contributed by atoms with Crippen molar-refractivity contribution < 1.29 is 9.53 Å². The highest BCUT2D eigenvalue weighted by atomic mass is 32.1. The number of hydrogen-bond acceptors (Lipinski definition) is 7. The second-order valence-electron chi connectivity index (χ2n) is 7.91. The number of carbonyl (C=O) groups is 1. The van der Waals surface area contributed by atoms with Crippen molar-refractivity contribution in [2.75, 3.05) is 36.5 Å². The smallest absolute Gasteiger partial charge is 0.256 e. The summed E-state index contributed by atoms with van der Waals surface area (Å²) in [6.07, 6.45) is 3.41. The van der Waals surface area contributed by atoms with Gasteiger partial charge in [-0.3, -0.25) is 4.79 Å². The maximum absolute atomic E-state index is 13.3. The quantitative estimate of drug-likeness (QED) is 0.492. The van der Waals surface area contributed by atoms with Gasteiger partial charge >= 0.3 is 0 Å². The van der Waals surface area contributed by atoms with Crippen molar-refractivity contribution >= 4 is 39.8 Å². The minimum atomic E-state index is -0.209. The number of nitrogens with one attached hydrogen (secondary N) is 1. The number of carbonyl (C=O) groups excluding carboxylic acids is 1. The second-order valence-corrected chi connectivity index (χ2v) is 8.86. The fraction of sp³-hybridized carbons (Fsp3) is 0.304. The van der Waals surface area contributed by atoms with E-state index >= 15 is 0 Å². The van der Waals surface area contributed by atoms with Gasteiger partial charge in [-0.05, 0) is 43.5 Å². The normalized spacial score (nSPS) is 14.3. The van der Waals surface area contributed by atoms with Gasteiger partial charge in [-0.15, -0.1) is 11.3 Å². The average molecular weight is 449 g/mol. The molecule has 4 aromatic heterocycles. The molecule has 32 heavy (non-hydrogen) atoms. The summed E-state index contributed by atoms with van der Waals surface area (Å²) in [5.41, 5.74) is 2.66. The van der Waals surface area contributed by atoms with Gasteiger partial charge in [0.2, 0.25) is 0 Å². The number of amides is 1. The molecule has 0 radical (unpaired) electrons. The highest BCUT2D eigenvalue weighted by Gasteiger charge is 2.19. The van der Waals surface area contributed by atoms with Crippen LogP contribution in [0.3, 0.4) is 0 Å². The van der Waals surface area contributed by atoms with E-state index in [1.54, 1.807) is 23.7 Å². The molecule has 0 unspecified atom stereocenters. The molecule has 5 rings (SSSR count). The summed E-state index contributed by atoms with van der Waals surface area (Å²) in [7, 11) is 0. The van der Waals surface area contributed by atoms with Gasteiger partial charge in [-0.25, -0.2) is 14.6 Å². The molecule has 1 amide bonds.